The van der Waals surface area contributed by atoms with Crippen molar-refractivity contribution >= 4 is 40.6 Å². The Hall–Kier alpha value is -4.92. The average molecular weight is 495 g/mol. The van der Waals surface area contributed by atoms with E-state index in [1.807, 2.05) is 60.7 Å². The van der Waals surface area contributed by atoms with Crippen LogP contribution in [0.2, 0.25) is 0 Å². The summed E-state index contributed by atoms with van der Waals surface area (Å²) in [6, 6.07) is 21.4. The van der Waals surface area contributed by atoms with E-state index in [0.717, 1.165) is 21.4 Å². The zero-order valence-corrected chi connectivity index (χ0v) is 19.7. The SMILES string of the molecule is O=C1CN(/C=C/c2ccccc2)C(=O)N1CC(=O)N1N=C(c2cc3ccccc3o2)CC1c1ccco1. The van der Waals surface area contributed by atoms with Gasteiger partial charge in [-0.2, -0.15) is 5.10 Å². The minimum Gasteiger partial charge on any atom is -0.467 e. The number of fused-ring (bicyclic) bond motifs is 1. The Labute approximate surface area is 211 Å². The molecule has 0 radical (unpaired) electrons. The lowest BCUT2D eigenvalue weighted by Gasteiger charge is -2.22. The molecule has 1 saturated heterocycles. The third kappa shape index (κ3) is 4.31. The Morgan fingerprint density at radius 1 is 1.03 bits per heavy atom. The second kappa shape index (κ2) is 9.27. The summed E-state index contributed by atoms with van der Waals surface area (Å²) in [5, 5.41) is 6.76. The van der Waals surface area contributed by atoms with Crippen molar-refractivity contribution < 1.29 is 23.2 Å². The van der Waals surface area contributed by atoms with E-state index in [1.54, 1.807) is 24.4 Å². The minimum absolute atomic E-state index is 0.134. The Bertz CT molecular complexity index is 1500. The molecule has 37 heavy (non-hydrogen) atoms. The van der Waals surface area contributed by atoms with Gasteiger partial charge in [0.15, 0.2) is 5.76 Å². The van der Waals surface area contributed by atoms with E-state index in [-0.39, 0.29) is 6.54 Å². The summed E-state index contributed by atoms with van der Waals surface area (Å²) in [5.74, 6) is 0.155. The number of hydrogen-bond donors (Lipinski definition) is 0. The molecule has 2 aromatic heterocycles. The highest BCUT2D eigenvalue weighted by molar-refractivity contribution is 6.06. The van der Waals surface area contributed by atoms with Crippen molar-refractivity contribution in [3.05, 3.63) is 102 Å². The van der Waals surface area contributed by atoms with Crippen LogP contribution in [0, 0.1) is 0 Å². The molecule has 2 aromatic carbocycles. The molecule has 1 unspecified atom stereocenters. The van der Waals surface area contributed by atoms with E-state index >= 15 is 0 Å². The van der Waals surface area contributed by atoms with Crippen LogP contribution in [0.5, 0.6) is 0 Å². The summed E-state index contributed by atoms with van der Waals surface area (Å²) >= 11 is 0. The van der Waals surface area contributed by atoms with Crippen molar-refractivity contribution in [2.75, 3.05) is 13.1 Å². The lowest BCUT2D eigenvalue weighted by molar-refractivity contribution is -0.138. The topological polar surface area (TPSA) is 99.6 Å². The number of para-hydroxylation sites is 1. The number of carbonyl (C=O) groups is 3. The average Bonchev–Trinajstić information content (AvgIpc) is 3.71. The third-order valence-corrected chi connectivity index (χ3v) is 6.37. The van der Waals surface area contributed by atoms with Crippen molar-refractivity contribution in [1.82, 2.24) is 14.8 Å². The molecule has 1 atom stereocenters. The molecule has 0 saturated carbocycles. The van der Waals surface area contributed by atoms with E-state index in [0.29, 0.717) is 23.7 Å². The zero-order chi connectivity index (χ0) is 25.4. The van der Waals surface area contributed by atoms with Gasteiger partial charge in [-0.1, -0.05) is 48.5 Å². The minimum atomic E-state index is -0.555. The number of benzene rings is 2. The van der Waals surface area contributed by atoms with Crippen molar-refractivity contribution in [3.8, 4) is 0 Å². The fraction of sp³-hybridized carbons (Fsp3) is 0.143. The van der Waals surface area contributed by atoms with Crippen molar-refractivity contribution in [1.29, 1.82) is 0 Å². The molecule has 2 aliphatic heterocycles. The Morgan fingerprint density at radius 3 is 2.62 bits per heavy atom. The van der Waals surface area contributed by atoms with Crippen LogP contribution in [-0.2, 0) is 9.59 Å². The van der Waals surface area contributed by atoms with Gasteiger partial charge in [-0.15, -0.1) is 0 Å². The number of carbonyl (C=O) groups excluding carboxylic acids is 3. The van der Waals surface area contributed by atoms with Gasteiger partial charge in [-0.05, 0) is 35.9 Å². The molecular formula is C28H22N4O5. The first-order valence-corrected chi connectivity index (χ1v) is 11.8. The van der Waals surface area contributed by atoms with E-state index in [9.17, 15) is 14.4 Å². The van der Waals surface area contributed by atoms with Gasteiger partial charge in [0.2, 0.25) is 0 Å². The van der Waals surface area contributed by atoms with E-state index in [4.69, 9.17) is 8.83 Å². The van der Waals surface area contributed by atoms with Crippen LogP contribution in [-0.4, -0.2) is 51.5 Å². The maximum Gasteiger partial charge on any atom is 0.331 e. The number of rotatable bonds is 6. The van der Waals surface area contributed by atoms with Crippen LogP contribution < -0.4 is 0 Å². The molecule has 9 heteroatoms. The first-order valence-electron chi connectivity index (χ1n) is 11.8. The maximum absolute atomic E-state index is 13.4. The number of nitrogens with zero attached hydrogens (tertiary/aromatic N) is 4. The van der Waals surface area contributed by atoms with Crippen LogP contribution in [0.1, 0.15) is 29.5 Å². The van der Waals surface area contributed by atoms with Crippen molar-refractivity contribution in [2.45, 2.75) is 12.5 Å². The van der Waals surface area contributed by atoms with Crippen molar-refractivity contribution in [3.63, 3.8) is 0 Å². The predicted octanol–water partition coefficient (Wildman–Crippen LogP) is 4.64. The number of urea groups is 1. The van der Waals surface area contributed by atoms with Gasteiger partial charge >= 0.3 is 6.03 Å². The quantitative estimate of drug-likeness (QED) is 0.364. The summed E-state index contributed by atoms with van der Waals surface area (Å²) in [6.45, 7) is -0.563. The van der Waals surface area contributed by atoms with Gasteiger partial charge in [-0.25, -0.2) is 9.80 Å². The van der Waals surface area contributed by atoms with Crippen LogP contribution in [0.4, 0.5) is 4.79 Å². The first kappa shape index (κ1) is 22.5. The molecule has 2 aliphatic rings. The molecule has 0 spiro atoms. The predicted molar refractivity (Wildman–Crippen MR) is 135 cm³/mol. The largest absolute Gasteiger partial charge is 0.467 e. The van der Waals surface area contributed by atoms with Gasteiger partial charge < -0.3 is 8.83 Å². The molecular weight excluding hydrogens is 472 g/mol. The van der Waals surface area contributed by atoms with Gasteiger partial charge in [0.05, 0.1) is 6.26 Å². The summed E-state index contributed by atoms with van der Waals surface area (Å²) in [5.41, 5.74) is 2.19. The van der Waals surface area contributed by atoms with Crippen LogP contribution in [0.25, 0.3) is 17.0 Å². The number of hydrogen-bond acceptors (Lipinski definition) is 6. The zero-order valence-electron chi connectivity index (χ0n) is 19.7. The Balaban J connectivity index is 1.22. The highest BCUT2D eigenvalue weighted by Crippen LogP contribution is 2.34. The second-order valence-electron chi connectivity index (χ2n) is 8.79. The molecule has 0 bridgehead atoms. The van der Waals surface area contributed by atoms with Gasteiger partial charge in [0, 0.05) is 18.0 Å². The lowest BCUT2D eigenvalue weighted by Crippen LogP contribution is -2.41. The second-order valence-corrected chi connectivity index (χ2v) is 8.79. The first-order chi connectivity index (χ1) is 18.1. The highest BCUT2D eigenvalue weighted by Gasteiger charge is 2.41. The number of imide groups is 1. The molecule has 184 valence electrons. The fourth-order valence-electron chi connectivity index (χ4n) is 4.50. The van der Waals surface area contributed by atoms with Crippen molar-refractivity contribution in [2.24, 2.45) is 5.10 Å². The standard InChI is InChI=1S/C28H22N4O5/c33-26-17-30(13-12-19-7-2-1-3-8-19)28(35)31(26)18-27(34)32-22(24-11-6-14-36-24)16-21(29-32)25-15-20-9-4-5-10-23(20)37-25/h1-15,22H,16-18H2/b13-12+. The van der Waals surface area contributed by atoms with Crippen LogP contribution in [0.3, 0.4) is 0 Å². The van der Waals surface area contributed by atoms with E-state index in [1.165, 1.54) is 16.2 Å². The summed E-state index contributed by atoms with van der Waals surface area (Å²) in [6.07, 6.45) is 5.20. The van der Waals surface area contributed by atoms with Crippen LogP contribution in [0.15, 0.2) is 99.2 Å². The monoisotopic (exact) mass is 494 g/mol. The normalized spacial score (nSPS) is 18.0. The Kier molecular flexibility index (Phi) is 5.65. The number of amides is 4. The van der Waals surface area contributed by atoms with E-state index in [2.05, 4.69) is 5.10 Å². The molecule has 4 aromatic rings. The van der Waals surface area contributed by atoms with Gasteiger partial charge in [-0.3, -0.25) is 19.4 Å². The third-order valence-electron chi connectivity index (χ3n) is 6.37. The Morgan fingerprint density at radius 2 is 1.84 bits per heavy atom. The maximum atomic E-state index is 13.4. The van der Waals surface area contributed by atoms with Crippen LogP contribution >= 0.6 is 0 Å². The lowest BCUT2D eigenvalue weighted by atomic mass is 10.1. The highest BCUT2D eigenvalue weighted by atomic mass is 16.3. The number of hydrazone groups is 1. The molecule has 4 heterocycles. The molecule has 9 nitrogen and oxygen atoms in total. The molecule has 0 N–H and O–H groups in total. The number of furan rings is 2. The summed E-state index contributed by atoms with van der Waals surface area (Å²) in [4.78, 5) is 41.2. The summed E-state index contributed by atoms with van der Waals surface area (Å²) < 4.78 is 11.5. The molecule has 1 fully saturated rings. The molecule has 4 amide bonds. The van der Waals surface area contributed by atoms with Gasteiger partial charge in [0.25, 0.3) is 11.8 Å². The fourth-order valence-corrected chi connectivity index (χ4v) is 4.50. The van der Waals surface area contributed by atoms with E-state index < -0.39 is 30.4 Å². The molecule has 6 rings (SSSR count). The smallest absolute Gasteiger partial charge is 0.331 e. The summed E-state index contributed by atoms with van der Waals surface area (Å²) in [7, 11) is 0. The molecule has 0 aliphatic carbocycles. The van der Waals surface area contributed by atoms with Gasteiger partial charge in [0.1, 0.15) is 36.2 Å².